The maximum atomic E-state index is 12.7. The normalized spacial score (nSPS) is 18.1. The van der Waals surface area contributed by atoms with E-state index in [2.05, 4.69) is 0 Å². The van der Waals surface area contributed by atoms with Crippen molar-refractivity contribution in [2.45, 2.75) is 51.6 Å². The molecule has 0 atom stereocenters. The standard InChI is InChI=1S/C19H23Cl2NO5/c1-18(2)8-13(23)9-19(3,4)22(18)16(24)10-27-17(25)11-26-15-6-5-12(20)7-14(15)21/h5-7H,8-11H2,1-4H3. The number of hydrogen-bond acceptors (Lipinski definition) is 5. The Bertz CT molecular complexity index is 740. The van der Waals surface area contributed by atoms with E-state index in [1.54, 1.807) is 17.0 Å². The molecule has 1 aromatic carbocycles. The molecule has 0 N–H and O–H groups in total. The molecule has 148 valence electrons. The second-order valence-corrected chi connectivity index (χ2v) is 8.61. The number of carbonyl (C=O) groups is 3. The van der Waals surface area contributed by atoms with Crippen molar-refractivity contribution in [1.82, 2.24) is 4.90 Å². The Hall–Kier alpha value is -1.79. The van der Waals surface area contributed by atoms with Gasteiger partial charge in [-0.3, -0.25) is 9.59 Å². The van der Waals surface area contributed by atoms with Crippen molar-refractivity contribution in [2.75, 3.05) is 13.2 Å². The third kappa shape index (κ3) is 5.36. The zero-order valence-electron chi connectivity index (χ0n) is 15.8. The summed E-state index contributed by atoms with van der Waals surface area (Å²) in [4.78, 5) is 38.2. The Balaban J connectivity index is 1.92. The SMILES string of the molecule is CC1(C)CC(=O)CC(C)(C)N1C(=O)COC(=O)COc1ccc(Cl)cc1Cl. The quantitative estimate of drug-likeness (QED) is 0.685. The Labute approximate surface area is 168 Å². The van der Waals surface area contributed by atoms with Crippen LogP contribution < -0.4 is 4.74 Å². The van der Waals surface area contributed by atoms with Crippen LogP contribution in [0, 0.1) is 0 Å². The average molecular weight is 416 g/mol. The topological polar surface area (TPSA) is 72.9 Å². The first-order valence-corrected chi connectivity index (χ1v) is 9.26. The summed E-state index contributed by atoms with van der Waals surface area (Å²) in [6.45, 7) is 6.51. The molecule has 6 nitrogen and oxygen atoms in total. The molecule has 0 bridgehead atoms. The van der Waals surface area contributed by atoms with E-state index < -0.39 is 23.7 Å². The first kappa shape index (κ1) is 21.5. The van der Waals surface area contributed by atoms with Crippen LogP contribution >= 0.6 is 23.2 Å². The van der Waals surface area contributed by atoms with Gasteiger partial charge in [0.1, 0.15) is 11.5 Å². The summed E-state index contributed by atoms with van der Waals surface area (Å²) >= 11 is 11.8. The van der Waals surface area contributed by atoms with Gasteiger partial charge in [-0.2, -0.15) is 0 Å². The molecule has 0 aromatic heterocycles. The van der Waals surface area contributed by atoms with Crippen molar-refractivity contribution < 1.29 is 23.9 Å². The van der Waals surface area contributed by atoms with Gasteiger partial charge in [0.2, 0.25) is 0 Å². The maximum absolute atomic E-state index is 12.7. The summed E-state index contributed by atoms with van der Waals surface area (Å²) in [5, 5.41) is 0.721. The van der Waals surface area contributed by atoms with Crippen molar-refractivity contribution in [3.63, 3.8) is 0 Å². The molecule has 0 radical (unpaired) electrons. The fourth-order valence-electron chi connectivity index (χ4n) is 3.66. The lowest BCUT2D eigenvalue weighted by Gasteiger charge is -2.51. The summed E-state index contributed by atoms with van der Waals surface area (Å²) in [5.74, 6) is -0.645. The van der Waals surface area contributed by atoms with E-state index >= 15 is 0 Å². The number of nitrogens with zero attached hydrogens (tertiary/aromatic N) is 1. The van der Waals surface area contributed by atoms with Gasteiger partial charge in [-0.25, -0.2) is 4.79 Å². The minimum absolute atomic E-state index is 0.110. The van der Waals surface area contributed by atoms with E-state index in [1.165, 1.54) is 6.07 Å². The van der Waals surface area contributed by atoms with Crippen molar-refractivity contribution >= 4 is 40.9 Å². The second-order valence-electron chi connectivity index (χ2n) is 7.77. The van der Waals surface area contributed by atoms with Gasteiger partial charge in [-0.15, -0.1) is 0 Å². The molecule has 1 fully saturated rings. The van der Waals surface area contributed by atoms with E-state index in [0.717, 1.165) is 0 Å². The highest BCUT2D eigenvalue weighted by atomic mass is 35.5. The van der Waals surface area contributed by atoms with Crippen LogP contribution in [0.2, 0.25) is 10.0 Å². The molecule has 1 aliphatic heterocycles. The summed E-state index contributed by atoms with van der Waals surface area (Å²) in [7, 11) is 0. The molecule has 1 heterocycles. The van der Waals surface area contributed by atoms with Crippen molar-refractivity contribution in [1.29, 1.82) is 0 Å². The monoisotopic (exact) mass is 415 g/mol. The molecule has 2 rings (SSSR count). The van der Waals surface area contributed by atoms with E-state index in [9.17, 15) is 14.4 Å². The summed E-state index contributed by atoms with van der Waals surface area (Å²) in [6, 6.07) is 4.62. The number of halogens is 2. The fraction of sp³-hybridized carbons (Fsp3) is 0.526. The van der Waals surface area contributed by atoms with Crippen LogP contribution in [-0.2, 0) is 19.1 Å². The molecular weight excluding hydrogens is 393 g/mol. The minimum Gasteiger partial charge on any atom is -0.480 e. The number of esters is 1. The van der Waals surface area contributed by atoms with Gasteiger partial charge >= 0.3 is 5.97 Å². The number of amides is 1. The average Bonchev–Trinajstić information content (AvgIpc) is 2.49. The van der Waals surface area contributed by atoms with Gasteiger partial charge in [0, 0.05) is 28.9 Å². The van der Waals surface area contributed by atoms with Crippen molar-refractivity contribution in [2.24, 2.45) is 0 Å². The lowest BCUT2D eigenvalue weighted by Crippen LogP contribution is -2.63. The van der Waals surface area contributed by atoms with Crippen molar-refractivity contribution in [3.05, 3.63) is 28.2 Å². The van der Waals surface area contributed by atoms with Crippen LogP contribution in [0.5, 0.6) is 5.75 Å². The summed E-state index contributed by atoms with van der Waals surface area (Å²) in [6.07, 6.45) is 0.544. The lowest BCUT2D eigenvalue weighted by molar-refractivity contribution is -0.164. The van der Waals surface area contributed by atoms with Gasteiger partial charge in [-0.05, 0) is 45.9 Å². The van der Waals surface area contributed by atoms with Crippen LogP contribution in [0.4, 0.5) is 0 Å². The fourth-order valence-corrected chi connectivity index (χ4v) is 4.12. The number of likely N-dealkylation sites (tertiary alicyclic amines) is 1. The number of rotatable bonds is 5. The number of benzene rings is 1. The third-order valence-corrected chi connectivity index (χ3v) is 4.85. The maximum Gasteiger partial charge on any atom is 0.344 e. The smallest absolute Gasteiger partial charge is 0.344 e. The van der Waals surface area contributed by atoms with Gasteiger partial charge in [-0.1, -0.05) is 23.2 Å². The Morgan fingerprint density at radius 2 is 1.67 bits per heavy atom. The molecule has 1 aliphatic rings. The Morgan fingerprint density at radius 1 is 1.07 bits per heavy atom. The molecule has 0 saturated carbocycles. The number of carbonyl (C=O) groups excluding carboxylic acids is 3. The molecule has 1 aromatic rings. The zero-order valence-corrected chi connectivity index (χ0v) is 17.3. The van der Waals surface area contributed by atoms with Crippen LogP contribution in [-0.4, -0.2) is 46.9 Å². The first-order valence-electron chi connectivity index (χ1n) is 8.51. The molecular formula is C19H23Cl2NO5. The van der Waals surface area contributed by atoms with Crippen LogP contribution in [0.25, 0.3) is 0 Å². The molecule has 0 spiro atoms. The highest BCUT2D eigenvalue weighted by Gasteiger charge is 2.47. The van der Waals surface area contributed by atoms with E-state index in [4.69, 9.17) is 32.7 Å². The lowest BCUT2D eigenvalue weighted by atomic mass is 9.79. The van der Waals surface area contributed by atoms with Crippen molar-refractivity contribution in [3.8, 4) is 5.75 Å². The Morgan fingerprint density at radius 3 is 2.22 bits per heavy atom. The highest BCUT2D eigenvalue weighted by Crippen LogP contribution is 2.36. The van der Waals surface area contributed by atoms with E-state index in [1.807, 2.05) is 27.7 Å². The molecule has 27 heavy (non-hydrogen) atoms. The predicted octanol–water partition coefficient (Wildman–Crippen LogP) is 3.66. The number of piperidine rings is 1. The van der Waals surface area contributed by atoms with Gasteiger partial charge < -0.3 is 14.4 Å². The van der Waals surface area contributed by atoms with Gasteiger partial charge in [0.05, 0.1) is 5.02 Å². The highest BCUT2D eigenvalue weighted by molar-refractivity contribution is 6.35. The molecule has 0 unspecified atom stereocenters. The van der Waals surface area contributed by atoms with Crippen LogP contribution in [0.1, 0.15) is 40.5 Å². The molecule has 0 aliphatic carbocycles. The minimum atomic E-state index is -0.696. The number of Topliss-reactive ketones (excluding diaryl/α,β-unsaturated/α-hetero) is 1. The first-order chi connectivity index (χ1) is 12.4. The molecule has 1 saturated heterocycles. The summed E-state index contributed by atoms with van der Waals surface area (Å²) in [5.41, 5.74) is -1.29. The predicted molar refractivity (Wildman–Crippen MR) is 102 cm³/mol. The van der Waals surface area contributed by atoms with Crippen LogP contribution in [0.15, 0.2) is 18.2 Å². The van der Waals surface area contributed by atoms with Crippen LogP contribution in [0.3, 0.4) is 0 Å². The van der Waals surface area contributed by atoms with E-state index in [0.29, 0.717) is 10.8 Å². The Kier molecular flexibility index (Phi) is 6.43. The zero-order chi connectivity index (χ0) is 20.4. The number of ether oxygens (including phenoxy) is 2. The summed E-state index contributed by atoms with van der Waals surface area (Å²) < 4.78 is 10.3. The third-order valence-electron chi connectivity index (χ3n) is 4.32. The van der Waals surface area contributed by atoms with Gasteiger partial charge in [0.25, 0.3) is 5.91 Å². The van der Waals surface area contributed by atoms with Gasteiger partial charge in [0.15, 0.2) is 13.2 Å². The van der Waals surface area contributed by atoms with E-state index in [-0.39, 0.29) is 36.2 Å². The number of hydrogen-bond donors (Lipinski definition) is 0. The number of ketones is 1. The molecule has 1 amide bonds. The second kappa shape index (κ2) is 8.07. The molecule has 8 heteroatoms. The largest absolute Gasteiger partial charge is 0.480 e.